The van der Waals surface area contributed by atoms with E-state index >= 15 is 0 Å². The first-order chi connectivity index (χ1) is 6.66. The molecule has 1 heterocycles. The summed E-state index contributed by atoms with van der Waals surface area (Å²) in [6.45, 7) is 3.88. The van der Waals surface area contributed by atoms with Gasteiger partial charge in [-0.3, -0.25) is 4.79 Å². The largest absolute Gasteiger partial charge is 0.305 e. The molecule has 1 aliphatic heterocycles. The van der Waals surface area contributed by atoms with Crippen LogP contribution in [0.4, 0.5) is 0 Å². The molecule has 2 rings (SSSR count). The van der Waals surface area contributed by atoms with Gasteiger partial charge in [0.2, 0.25) is 0 Å². The first kappa shape index (κ1) is 9.41. The second-order valence-corrected chi connectivity index (χ2v) is 4.10. The van der Waals surface area contributed by atoms with E-state index in [0.29, 0.717) is 5.92 Å². The van der Waals surface area contributed by atoms with E-state index in [2.05, 4.69) is 24.1 Å². The predicted octanol–water partition coefficient (Wildman–Crippen LogP) is 1.92. The molecule has 1 aromatic carbocycles. The molecule has 0 aliphatic carbocycles. The van der Waals surface area contributed by atoms with Crippen LogP contribution in [-0.2, 0) is 0 Å². The fourth-order valence-corrected chi connectivity index (χ4v) is 1.90. The Bertz CT molecular complexity index is 336. The zero-order chi connectivity index (χ0) is 10.1. The number of ketones is 1. The van der Waals surface area contributed by atoms with Crippen molar-refractivity contribution in [2.75, 3.05) is 20.1 Å². The van der Waals surface area contributed by atoms with Crippen LogP contribution in [0.1, 0.15) is 28.8 Å². The monoisotopic (exact) mass is 189 g/mol. The molecule has 0 atom stereocenters. The Morgan fingerprint density at radius 1 is 1.29 bits per heavy atom. The molecule has 0 radical (unpaired) electrons. The minimum absolute atomic E-state index is 0.141. The summed E-state index contributed by atoms with van der Waals surface area (Å²) in [5.74, 6) is 0.809. The molecule has 74 valence electrons. The Hall–Kier alpha value is -1.15. The number of hydrogen-bond acceptors (Lipinski definition) is 2. The average molecular weight is 189 g/mol. The van der Waals surface area contributed by atoms with Crippen LogP contribution in [0.3, 0.4) is 0 Å². The van der Waals surface area contributed by atoms with Gasteiger partial charge in [-0.05, 0) is 19.5 Å². The average Bonchev–Trinajstić information content (AvgIpc) is 2.13. The Labute approximate surface area is 84.5 Å². The first-order valence-electron chi connectivity index (χ1n) is 4.96. The summed E-state index contributed by atoms with van der Waals surface area (Å²) in [5.41, 5.74) is 2.16. The van der Waals surface area contributed by atoms with Crippen molar-refractivity contribution < 1.29 is 4.79 Å². The summed E-state index contributed by atoms with van der Waals surface area (Å²) in [7, 11) is 2.13. The molecule has 0 aromatic heterocycles. The lowest BCUT2D eigenvalue weighted by atomic mass is 9.91. The van der Waals surface area contributed by atoms with Crippen LogP contribution < -0.4 is 0 Å². The standard InChI is InChI=1S/C12H15NO/c1-9(14)10-3-5-11(6-4-10)12-7-13(2)8-12/h3-6,12H,7-8H2,1-2H3. The number of hydrogen-bond donors (Lipinski definition) is 0. The van der Waals surface area contributed by atoms with Gasteiger partial charge >= 0.3 is 0 Å². The van der Waals surface area contributed by atoms with Crippen molar-refractivity contribution in [1.82, 2.24) is 4.90 Å². The molecule has 0 spiro atoms. The third-order valence-corrected chi connectivity index (χ3v) is 2.85. The Kier molecular flexibility index (Phi) is 2.38. The third-order valence-electron chi connectivity index (χ3n) is 2.85. The molecule has 0 unspecified atom stereocenters. The number of carbonyl (C=O) groups is 1. The van der Waals surface area contributed by atoms with E-state index in [-0.39, 0.29) is 5.78 Å². The lowest BCUT2D eigenvalue weighted by Crippen LogP contribution is -2.41. The minimum atomic E-state index is 0.141. The number of rotatable bonds is 2. The molecule has 2 heteroatoms. The zero-order valence-corrected chi connectivity index (χ0v) is 8.66. The maximum atomic E-state index is 11.1. The topological polar surface area (TPSA) is 20.3 Å². The van der Waals surface area contributed by atoms with Gasteiger partial charge in [-0.1, -0.05) is 24.3 Å². The molecular formula is C12H15NO. The number of likely N-dealkylation sites (N-methyl/N-ethyl adjacent to an activating group) is 1. The quantitative estimate of drug-likeness (QED) is 0.662. The van der Waals surface area contributed by atoms with Crippen molar-refractivity contribution >= 4 is 5.78 Å². The highest BCUT2D eigenvalue weighted by molar-refractivity contribution is 5.94. The van der Waals surface area contributed by atoms with Gasteiger partial charge in [-0.15, -0.1) is 0 Å². The number of nitrogens with zero attached hydrogens (tertiary/aromatic N) is 1. The van der Waals surface area contributed by atoms with Gasteiger partial charge in [0.1, 0.15) is 0 Å². The van der Waals surface area contributed by atoms with Gasteiger partial charge in [0.15, 0.2) is 5.78 Å². The van der Waals surface area contributed by atoms with Crippen molar-refractivity contribution in [3.63, 3.8) is 0 Å². The zero-order valence-electron chi connectivity index (χ0n) is 8.66. The first-order valence-corrected chi connectivity index (χ1v) is 4.96. The summed E-state index contributed by atoms with van der Waals surface area (Å²) < 4.78 is 0. The molecule has 1 aliphatic rings. The van der Waals surface area contributed by atoms with Crippen LogP contribution in [-0.4, -0.2) is 30.8 Å². The lowest BCUT2D eigenvalue weighted by Gasteiger charge is -2.36. The maximum absolute atomic E-state index is 11.1. The highest BCUT2D eigenvalue weighted by Crippen LogP contribution is 2.25. The minimum Gasteiger partial charge on any atom is -0.305 e. The van der Waals surface area contributed by atoms with E-state index < -0.39 is 0 Å². The van der Waals surface area contributed by atoms with E-state index in [1.807, 2.05) is 12.1 Å². The number of Topliss-reactive ketones (excluding diaryl/α,β-unsaturated/α-hetero) is 1. The van der Waals surface area contributed by atoms with Crippen molar-refractivity contribution in [1.29, 1.82) is 0 Å². The highest BCUT2D eigenvalue weighted by atomic mass is 16.1. The fraction of sp³-hybridized carbons (Fsp3) is 0.417. The molecule has 0 N–H and O–H groups in total. The van der Waals surface area contributed by atoms with Crippen LogP contribution >= 0.6 is 0 Å². The molecule has 0 amide bonds. The van der Waals surface area contributed by atoms with Gasteiger partial charge in [-0.25, -0.2) is 0 Å². The Morgan fingerprint density at radius 2 is 1.86 bits per heavy atom. The number of benzene rings is 1. The molecule has 0 bridgehead atoms. The highest BCUT2D eigenvalue weighted by Gasteiger charge is 2.24. The van der Waals surface area contributed by atoms with Crippen LogP contribution in [0.5, 0.6) is 0 Å². The SMILES string of the molecule is CC(=O)c1ccc(C2CN(C)C2)cc1. The van der Waals surface area contributed by atoms with E-state index in [9.17, 15) is 4.79 Å². The molecular weight excluding hydrogens is 174 g/mol. The van der Waals surface area contributed by atoms with Gasteiger partial charge in [0.05, 0.1) is 0 Å². The van der Waals surface area contributed by atoms with Crippen LogP contribution in [0.15, 0.2) is 24.3 Å². The van der Waals surface area contributed by atoms with Gasteiger partial charge in [0.25, 0.3) is 0 Å². The lowest BCUT2D eigenvalue weighted by molar-refractivity contribution is 0.101. The smallest absolute Gasteiger partial charge is 0.159 e. The second-order valence-electron chi connectivity index (χ2n) is 4.10. The Morgan fingerprint density at radius 3 is 2.29 bits per heavy atom. The van der Waals surface area contributed by atoms with E-state index in [1.165, 1.54) is 5.56 Å². The summed E-state index contributed by atoms with van der Waals surface area (Å²) in [4.78, 5) is 13.3. The molecule has 1 fully saturated rings. The third kappa shape index (κ3) is 1.70. The normalized spacial score (nSPS) is 17.9. The summed E-state index contributed by atoms with van der Waals surface area (Å²) in [6, 6.07) is 8.01. The number of carbonyl (C=O) groups excluding carboxylic acids is 1. The summed E-state index contributed by atoms with van der Waals surface area (Å²) in [5, 5.41) is 0. The van der Waals surface area contributed by atoms with Crippen molar-refractivity contribution in [3.05, 3.63) is 35.4 Å². The van der Waals surface area contributed by atoms with Gasteiger partial charge in [-0.2, -0.15) is 0 Å². The van der Waals surface area contributed by atoms with Crippen molar-refractivity contribution in [2.45, 2.75) is 12.8 Å². The van der Waals surface area contributed by atoms with E-state index in [0.717, 1.165) is 18.7 Å². The molecule has 1 aromatic rings. The molecule has 2 nitrogen and oxygen atoms in total. The van der Waals surface area contributed by atoms with E-state index in [1.54, 1.807) is 6.92 Å². The van der Waals surface area contributed by atoms with Gasteiger partial charge in [0, 0.05) is 24.6 Å². The van der Waals surface area contributed by atoms with E-state index in [4.69, 9.17) is 0 Å². The molecule has 1 saturated heterocycles. The summed E-state index contributed by atoms with van der Waals surface area (Å²) >= 11 is 0. The molecule has 14 heavy (non-hydrogen) atoms. The van der Waals surface area contributed by atoms with Crippen molar-refractivity contribution in [3.8, 4) is 0 Å². The van der Waals surface area contributed by atoms with Crippen LogP contribution in [0, 0.1) is 0 Å². The predicted molar refractivity (Wildman–Crippen MR) is 56.7 cm³/mol. The fourth-order valence-electron chi connectivity index (χ4n) is 1.90. The van der Waals surface area contributed by atoms with Crippen LogP contribution in [0.2, 0.25) is 0 Å². The molecule has 0 saturated carbocycles. The van der Waals surface area contributed by atoms with Gasteiger partial charge < -0.3 is 4.90 Å². The van der Waals surface area contributed by atoms with Crippen molar-refractivity contribution in [2.24, 2.45) is 0 Å². The Balaban J connectivity index is 2.10. The second kappa shape index (κ2) is 3.54. The van der Waals surface area contributed by atoms with Crippen LogP contribution in [0.25, 0.3) is 0 Å². The summed E-state index contributed by atoms with van der Waals surface area (Å²) in [6.07, 6.45) is 0. The number of likely N-dealkylation sites (tertiary alicyclic amines) is 1. The maximum Gasteiger partial charge on any atom is 0.159 e.